The molecule has 1 aromatic rings. The Labute approximate surface area is 215 Å². The van der Waals surface area contributed by atoms with Crippen molar-refractivity contribution in [3.8, 4) is 0 Å². The van der Waals surface area contributed by atoms with Crippen molar-refractivity contribution in [2.75, 3.05) is 33.0 Å². The van der Waals surface area contributed by atoms with Gasteiger partial charge in [0.25, 0.3) is 0 Å². The van der Waals surface area contributed by atoms with Crippen LogP contribution < -0.4 is 0 Å². The molecular weight excluding hydrogens is 480 g/mol. The Morgan fingerprint density at radius 3 is 2.42 bits per heavy atom. The number of carbonyl (C=O) groups is 1. The van der Waals surface area contributed by atoms with E-state index in [9.17, 15) is 14.9 Å². The Bertz CT molecular complexity index is 886. The fourth-order valence-electron chi connectivity index (χ4n) is 4.94. The number of esters is 1. The van der Waals surface area contributed by atoms with Crippen LogP contribution in [-0.4, -0.2) is 75.0 Å². The number of hydrogen-bond donors (Lipinski definition) is 0. The van der Waals surface area contributed by atoms with Crippen molar-refractivity contribution in [3.05, 3.63) is 46.0 Å². The summed E-state index contributed by atoms with van der Waals surface area (Å²) >= 11 is 0. The number of nitrogens with zero attached hydrogens (tertiary/aromatic N) is 2. The van der Waals surface area contributed by atoms with E-state index >= 15 is 0 Å². The minimum absolute atomic E-state index is 0.0157. The molecule has 0 unspecified atom stereocenters. The summed E-state index contributed by atoms with van der Waals surface area (Å²) in [7, 11) is -2.15. The molecule has 10 heteroatoms. The molecule has 0 bridgehead atoms. The first-order valence-corrected chi connectivity index (χ1v) is 15.8. The second-order valence-electron chi connectivity index (χ2n) is 11.4. The number of nitro groups is 1. The smallest absolute Gasteiger partial charge is 0.306 e. The molecule has 3 rings (SSSR count). The zero-order valence-corrected chi connectivity index (χ0v) is 23.5. The number of carbonyl (C=O) groups excluding carboxylic acids is 1. The van der Waals surface area contributed by atoms with E-state index in [4.69, 9.17) is 18.6 Å². The van der Waals surface area contributed by atoms with Crippen LogP contribution in [0.2, 0.25) is 18.1 Å². The number of rotatable bonds is 11. The first kappa shape index (κ1) is 28.7. The summed E-state index contributed by atoms with van der Waals surface area (Å²) in [6.45, 7) is 14.6. The molecule has 0 aliphatic carbocycles. The highest BCUT2D eigenvalue weighted by Crippen LogP contribution is 2.44. The van der Waals surface area contributed by atoms with E-state index in [-0.39, 0.29) is 42.0 Å². The van der Waals surface area contributed by atoms with E-state index in [2.05, 4.69) is 38.8 Å². The van der Waals surface area contributed by atoms with Crippen molar-refractivity contribution in [2.24, 2.45) is 5.92 Å². The van der Waals surface area contributed by atoms with Crippen molar-refractivity contribution in [3.63, 3.8) is 0 Å². The zero-order valence-electron chi connectivity index (χ0n) is 22.5. The van der Waals surface area contributed by atoms with Crippen molar-refractivity contribution in [1.29, 1.82) is 0 Å². The molecule has 0 spiro atoms. The number of ether oxygens (including phenoxy) is 3. The largest absolute Gasteiger partial charge is 0.466 e. The first-order valence-electron chi connectivity index (χ1n) is 12.8. The summed E-state index contributed by atoms with van der Waals surface area (Å²) in [5.74, 6) is -1.05. The predicted molar refractivity (Wildman–Crippen MR) is 139 cm³/mol. The quantitative estimate of drug-likeness (QED) is 0.184. The van der Waals surface area contributed by atoms with Gasteiger partial charge < -0.3 is 18.6 Å². The molecular formula is C26H42N2O7Si. The molecule has 2 aliphatic heterocycles. The van der Waals surface area contributed by atoms with Gasteiger partial charge >= 0.3 is 5.97 Å². The highest BCUT2D eigenvalue weighted by Gasteiger charge is 2.63. The van der Waals surface area contributed by atoms with Gasteiger partial charge in [0.15, 0.2) is 14.6 Å². The van der Waals surface area contributed by atoms with Gasteiger partial charge in [-0.2, -0.15) is 0 Å². The van der Waals surface area contributed by atoms with Crippen LogP contribution in [0, 0.1) is 16.0 Å². The Morgan fingerprint density at radius 2 is 1.86 bits per heavy atom. The average molecular weight is 523 g/mol. The molecule has 2 fully saturated rings. The minimum Gasteiger partial charge on any atom is -0.466 e. The van der Waals surface area contributed by atoms with E-state index in [1.165, 1.54) is 0 Å². The molecule has 2 aliphatic rings. The second-order valence-corrected chi connectivity index (χ2v) is 16.2. The highest BCUT2D eigenvalue weighted by molar-refractivity contribution is 6.74. The van der Waals surface area contributed by atoms with Crippen LogP contribution in [0.3, 0.4) is 0 Å². The topological polar surface area (TPSA) is 100 Å². The lowest BCUT2D eigenvalue weighted by Gasteiger charge is -2.39. The van der Waals surface area contributed by atoms with E-state index in [0.29, 0.717) is 26.4 Å². The van der Waals surface area contributed by atoms with Gasteiger partial charge in [-0.1, -0.05) is 51.1 Å². The molecule has 0 aromatic heterocycles. The van der Waals surface area contributed by atoms with Crippen molar-refractivity contribution in [2.45, 2.75) is 83.1 Å². The fourth-order valence-corrected chi connectivity index (χ4v) is 5.96. The summed E-state index contributed by atoms with van der Waals surface area (Å²) in [5.41, 5.74) is -0.380. The van der Waals surface area contributed by atoms with Crippen LogP contribution >= 0.6 is 0 Å². The van der Waals surface area contributed by atoms with E-state index in [1.807, 2.05) is 30.3 Å². The maximum atomic E-state index is 12.8. The summed E-state index contributed by atoms with van der Waals surface area (Å²) in [6, 6.07) is 9.57. The predicted octanol–water partition coefficient (Wildman–Crippen LogP) is 4.24. The third kappa shape index (κ3) is 6.52. The van der Waals surface area contributed by atoms with Crippen LogP contribution in [0.4, 0.5) is 0 Å². The minimum atomic E-state index is -2.15. The molecule has 202 valence electrons. The lowest BCUT2D eigenvalue weighted by atomic mass is 9.79. The molecule has 1 aromatic carbocycles. The van der Waals surface area contributed by atoms with Gasteiger partial charge in [-0.3, -0.25) is 19.8 Å². The third-order valence-electron chi connectivity index (χ3n) is 8.02. The second kappa shape index (κ2) is 11.7. The van der Waals surface area contributed by atoms with Gasteiger partial charge in [-0.15, -0.1) is 0 Å². The van der Waals surface area contributed by atoms with Crippen molar-refractivity contribution < 1.29 is 28.4 Å². The maximum Gasteiger partial charge on any atom is 0.306 e. The van der Waals surface area contributed by atoms with E-state index in [0.717, 1.165) is 5.56 Å². The molecule has 9 nitrogen and oxygen atoms in total. The summed E-state index contributed by atoms with van der Waals surface area (Å²) in [5, 5.41) is 12.8. The summed E-state index contributed by atoms with van der Waals surface area (Å²) in [4.78, 5) is 27.5. The molecule has 0 amide bonds. The standard InChI is InChI=1S/C26H42N2O7Si/c1-7-32-23(29)15-21-22(18-35-36(5,6)25(2,3)4)27(17-20-11-9-8-10-12-20)19-26(21,28(30)31)16-24-33-13-14-34-24/h8-12,21-22,24H,7,13-19H2,1-6H3/t21-,22-,26-/m0/s1. The molecule has 2 saturated heterocycles. The third-order valence-corrected chi connectivity index (χ3v) is 12.5. The van der Waals surface area contributed by atoms with Gasteiger partial charge in [-0.25, -0.2) is 0 Å². The van der Waals surface area contributed by atoms with Crippen LogP contribution in [0.1, 0.15) is 46.1 Å². The van der Waals surface area contributed by atoms with Gasteiger partial charge in [0.05, 0.1) is 51.7 Å². The Balaban J connectivity index is 2.00. The molecule has 3 atom stereocenters. The SMILES string of the molecule is CCOC(=O)C[C@H]1[C@H](CO[Si](C)(C)C(C)(C)C)N(Cc2ccccc2)C[C@]1(CC1OCCO1)[N+](=O)[O-]. The number of likely N-dealkylation sites (tertiary alicyclic amines) is 1. The Kier molecular flexibility index (Phi) is 9.32. The fraction of sp³-hybridized carbons (Fsp3) is 0.731. The monoisotopic (exact) mass is 522 g/mol. The van der Waals surface area contributed by atoms with Gasteiger partial charge in [0.1, 0.15) is 0 Å². The van der Waals surface area contributed by atoms with E-state index < -0.39 is 32.0 Å². The summed E-state index contributed by atoms with van der Waals surface area (Å²) < 4.78 is 23.2. The van der Waals surface area contributed by atoms with Crippen LogP contribution in [-0.2, 0) is 30.0 Å². The number of hydrogen-bond acceptors (Lipinski definition) is 8. The normalized spacial score (nSPS) is 25.8. The highest BCUT2D eigenvalue weighted by atomic mass is 28.4. The van der Waals surface area contributed by atoms with Crippen molar-refractivity contribution >= 4 is 14.3 Å². The van der Waals surface area contributed by atoms with Crippen LogP contribution in [0.15, 0.2) is 30.3 Å². The molecule has 0 radical (unpaired) electrons. The first-order chi connectivity index (χ1) is 16.9. The number of benzene rings is 1. The van der Waals surface area contributed by atoms with Crippen LogP contribution in [0.25, 0.3) is 0 Å². The maximum absolute atomic E-state index is 12.8. The van der Waals surface area contributed by atoms with Gasteiger partial charge in [-0.05, 0) is 30.6 Å². The van der Waals surface area contributed by atoms with Gasteiger partial charge in [0, 0.05) is 17.5 Å². The van der Waals surface area contributed by atoms with Crippen LogP contribution in [0.5, 0.6) is 0 Å². The lowest BCUT2D eigenvalue weighted by molar-refractivity contribution is -0.579. The molecule has 0 saturated carbocycles. The molecule has 2 heterocycles. The van der Waals surface area contributed by atoms with E-state index in [1.54, 1.807) is 6.92 Å². The Morgan fingerprint density at radius 1 is 1.22 bits per heavy atom. The van der Waals surface area contributed by atoms with Gasteiger partial charge in [0.2, 0.25) is 5.54 Å². The lowest BCUT2D eigenvalue weighted by Crippen LogP contribution is -2.51. The molecule has 36 heavy (non-hydrogen) atoms. The summed E-state index contributed by atoms with van der Waals surface area (Å²) in [6.07, 6.45) is -0.650. The molecule has 0 N–H and O–H groups in total. The zero-order chi connectivity index (χ0) is 26.6. The average Bonchev–Trinajstić information content (AvgIpc) is 3.40. The Hall–Kier alpha value is -1.85. The van der Waals surface area contributed by atoms with Crippen molar-refractivity contribution in [1.82, 2.24) is 4.90 Å².